The Labute approximate surface area is 178 Å². The van der Waals surface area contributed by atoms with Crippen molar-refractivity contribution in [1.82, 2.24) is 19.5 Å². The topological polar surface area (TPSA) is 179 Å². The molecule has 2 aromatic heterocycles. The van der Waals surface area contributed by atoms with Gasteiger partial charge in [0.2, 0.25) is 0 Å². The van der Waals surface area contributed by atoms with Crippen LogP contribution in [0.2, 0.25) is 0 Å². The number of rotatable bonds is 11. The lowest BCUT2D eigenvalue weighted by atomic mass is 10.1. The Hall–Kier alpha value is -2.85. The van der Waals surface area contributed by atoms with Crippen molar-refractivity contribution in [3.05, 3.63) is 12.7 Å². The Morgan fingerprint density at radius 3 is 2.90 bits per heavy atom. The van der Waals surface area contributed by atoms with E-state index in [0.29, 0.717) is 30.6 Å². The minimum absolute atomic E-state index is 0.118. The molecule has 3 rings (SSSR count). The van der Waals surface area contributed by atoms with Crippen LogP contribution in [0.15, 0.2) is 12.7 Å². The lowest BCUT2D eigenvalue weighted by molar-refractivity contribution is -0.143. The van der Waals surface area contributed by atoms with Gasteiger partial charge in [-0.25, -0.2) is 15.0 Å². The first kappa shape index (κ1) is 22.8. The monoisotopic (exact) mass is 434 g/mol. The molecular weight excluding hydrogens is 408 g/mol. The van der Waals surface area contributed by atoms with Gasteiger partial charge in [-0.1, -0.05) is 6.42 Å². The van der Waals surface area contributed by atoms with Crippen LogP contribution >= 0.6 is 0 Å². The number of carbonyl (C=O) groups excluding carboxylic acids is 1. The molecule has 1 aliphatic heterocycles. The van der Waals surface area contributed by atoms with Crippen molar-refractivity contribution in [2.75, 3.05) is 25.6 Å². The van der Waals surface area contributed by atoms with E-state index in [1.165, 1.54) is 12.7 Å². The zero-order valence-corrected chi connectivity index (χ0v) is 17.0. The molecule has 4 atom stereocenters. The van der Waals surface area contributed by atoms with Gasteiger partial charge in [-0.15, -0.1) is 0 Å². The highest BCUT2D eigenvalue weighted by atomic mass is 16.6. The third-order valence-corrected chi connectivity index (χ3v) is 4.96. The summed E-state index contributed by atoms with van der Waals surface area (Å²) in [5.41, 5.74) is 6.61. The van der Waals surface area contributed by atoms with E-state index < -0.39 is 24.5 Å². The number of hydrogen-bond acceptors (Lipinski definition) is 11. The van der Waals surface area contributed by atoms with Crippen molar-refractivity contribution >= 4 is 23.0 Å². The van der Waals surface area contributed by atoms with Gasteiger partial charge in [0.15, 0.2) is 17.7 Å². The maximum atomic E-state index is 11.5. The lowest BCUT2D eigenvalue weighted by Crippen LogP contribution is -2.36. The maximum absolute atomic E-state index is 11.5. The Morgan fingerprint density at radius 1 is 1.29 bits per heavy atom. The quantitative estimate of drug-likeness (QED) is 0.321. The highest BCUT2D eigenvalue weighted by Gasteiger charge is 2.45. The van der Waals surface area contributed by atoms with Crippen LogP contribution in [0.1, 0.15) is 38.3 Å². The summed E-state index contributed by atoms with van der Waals surface area (Å²) in [5.74, 6) is -0.104. The molecule has 0 spiro atoms. The number of esters is 1. The van der Waals surface area contributed by atoms with Crippen LogP contribution in [-0.2, 0) is 19.0 Å². The molecule has 0 aliphatic carbocycles. The zero-order chi connectivity index (χ0) is 22.2. The van der Waals surface area contributed by atoms with Gasteiger partial charge in [0.25, 0.3) is 0 Å². The van der Waals surface area contributed by atoms with Crippen molar-refractivity contribution in [3.8, 4) is 6.07 Å². The molecule has 2 aromatic rings. The van der Waals surface area contributed by atoms with Gasteiger partial charge in [-0.3, -0.25) is 9.36 Å². The van der Waals surface area contributed by atoms with E-state index in [2.05, 4.69) is 15.0 Å². The number of fused-ring (bicyclic) bond motifs is 1. The highest BCUT2D eigenvalue weighted by Crippen LogP contribution is 2.33. The smallest absolute Gasteiger partial charge is 0.305 e. The molecule has 12 nitrogen and oxygen atoms in total. The predicted octanol–water partition coefficient (Wildman–Crippen LogP) is 0.0616. The SMILES string of the molecule is N#CCCOC(=O)CCCCCO[C@H]1[C@@H](O)[C@H](n2cnc3c(N)ncnc32)O[C@@H]1CO. The van der Waals surface area contributed by atoms with Crippen LogP contribution in [0.5, 0.6) is 0 Å². The predicted molar refractivity (Wildman–Crippen MR) is 106 cm³/mol. The normalized spacial score (nSPS) is 23.1. The Kier molecular flexibility index (Phi) is 8.07. The summed E-state index contributed by atoms with van der Waals surface area (Å²) in [6.07, 6.45) is 1.90. The minimum atomic E-state index is -1.05. The van der Waals surface area contributed by atoms with E-state index in [1.807, 2.05) is 6.07 Å². The number of aliphatic hydroxyl groups is 2. The van der Waals surface area contributed by atoms with Crippen LogP contribution in [0.3, 0.4) is 0 Å². The number of nitrogens with zero attached hydrogens (tertiary/aromatic N) is 5. The summed E-state index contributed by atoms with van der Waals surface area (Å²) in [5, 5.41) is 28.8. The molecule has 0 aromatic carbocycles. The van der Waals surface area contributed by atoms with Crippen LogP contribution in [0.4, 0.5) is 5.82 Å². The average molecular weight is 434 g/mol. The molecule has 1 aliphatic rings. The van der Waals surface area contributed by atoms with E-state index in [9.17, 15) is 15.0 Å². The molecule has 0 unspecified atom stereocenters. The van der Waals surface area contributed by atoms with E-state index >= 15 is 0 Å². The zero-order valence-electron chi connectivity index (χ0n) is 17.0. The highest BCUT2D eigenvalue weighted by molar-refractivity contribution is 5.81. The molecule has 3 heterocycles. The van der Waals surface area contributed by atoms with Crippen LogP contribution in [0.25, 0.3) is 11.2 Å². The summed E-state index contributed by atoms with van der Waals surface area (Å²) in [6, 6.07) is 1.91. The van der Waals surface area contributed by atoms with Crippen LogP contribution in [-0.4, -0.2) is 73.8 Å². The summed E-state index contributed by atoms with van der Waals surface area (Å²) < 4.78 is 18.0. The third-order valence-electron chi connectivity index (χ3n) is 4.96. The first-order valence-corrected chi connectivity index (χ1v) is 10.1. The van der Waals surface area contributed by atoms with Gasteiger partial charge in [0, 0.05) is 13.0 Å². The molecule has 12 heteroatoms. The number of aromatic nitrogens is 4. The largest absolute Gasteiger partial charge is 0.465 e. The molecule has 1 fully saturated rings. The number of unbranched alkanes of at least 4 members (excludes halogenated alkanes) is 2. The van der Waals surface area contributed by atoms with Gasteiger partial charge in [-0.05, 0) is 12.8 Å². The van der Waals surface area contributed by atoms with Crippen LogP contribution < -0.4 is 5.73 Å². The molecule has 168 valence electrons. The van der Waals surface area contributed by atoms with Gasteiger partial charge < -0.3 is 30.2 Å². The summed E-state index contributed by atoms with van der Waals surface area (Å²) >= 11 is 0. The minimum Gasteiger partial charge on any atom is -0.465 e. The van der Waals surface area contributed by atoms with Gasteiger partial charge >= 0.3 is 5.97 Å². The number of nitriles is 1. The number of aliphatic hydroxyl groups excluding tert-OH is 2. The standard InChI is InChI=1S/C19H26N6O6/c20-6-4-8-29-13(27)5-2-1-3-7-30-16-12(9-26)31-19(15(16)28)25-11-24-14-17(21)22-10-23-18(14)25/h10-12,15-16,19,26,28H,1-5,7-9H2,(H2,21,22,23)/t12-,15-,16-,19-/m1/s1. The summed E-state index contributed by atoms with van der Waals surface area (Å²) in [6.45, 7) is 0.126. The van der Waals surface area contributed by atoms with Crippen LogP contribution in [0, 0.1) is 11.3 Å². The fourth-order valence-corrected chi connectivity index (χ4v) is 3.41. The molecular formula is C19H26N6O6. The fraction of sp³-hybridized carbons (Fsp3) is 0.632. The number of imidazole rings is 1. The molecule has 0 radical (unpaired) electrons. The van der Waals surface area contributed by atoms with E-state index in [1.54, 1.807) is 4.57 Å². The lowest BCUT2D eigenvalue weighted by Gasteiger charge is -2.20. The van der Waals surface area contributed by atoms with E-state index in [4.69, 9.17) is 25.2 Å². The number of carbonyl (C=O) groups is 1. The van der Waals surface area contributed by atoms with Crippen molar-refractivity contribution in [2.45, 2.75) is 56.6 Å². The summed E-state index contributed by atoms with van der Waals surface area (Å²) in [4.78, 5) is 23.7. The van der Waals surface area contributed by atoms with Gasteiger partial charge in [0.1, 0.15) is 36.8 Å². The molecule has 0 amide bonds. The third kappa shape index (κ3) is 5.45. The molecule has 1 saturated heterocycles. The summed E-state index contributed by atoms with van der Waals surface area (Å²) in [7, 11) is 0. The number of nitrogens with two attached hydrogens (primary N) is 1. The van der Waals surface area contributed by atoms with E-state index in [-0.39, 0.29) is 37.8 Å². The average Bonchev–Trinajstić information content (AvgIpc) is 3.32. The Morgan fingerprint density at radius 2 is 2.13 bits per heavy atom. The van der Waals surface area contributed by atoms with Gasteiger partial charge in [-0.2, -0.15) is 5.26 Å². The van der Waals surface area contributed by atoms with Crippen molar-refractivity contribution < 1.29 is 29.2 Å². The Bertz CT molecular complexity index is 915. The van der Waals surface area contributed by atoms with Crippen molar-refractivity contribution in [3.63, 3.8) is 0 Å². The van der Waals surface area contributed by atoms with Crippen molar-refractivity contribution in [2.24, 2.45) is 0 Å². The first-order valence-electron chi connectivity index (χ1n) is 10.1. The van der Waals surface area contributed by atoms with E-state index in [0.717, 1.165) is 6.42 Å². The number of hydrogen-bond donors (Lipinski definition) is 3. The second-order valence-electron chi connectivity index (χ2n) is 7.10. The number of nitrogen functional groups attached to an aromatic ring is 1. The van der Waals surface area contributed by atoms with Crippen molar-refractivity contribution in [1.29, 1.82) is 5.26 Å². The maximum Gasteiger partial charge on any atom is 0.305 e. The second kappa shape index (κ2) is 11.0. The number of ether oxygens (including phenoxy) is 3. The molecule has 0 saturated carbocycles. The number of anilines is 1. The molecule has 0 bridgehead atoms. The second-order valence-corrected chi connectivity index (χ2v) is 7.10. The molecule has 31 heavy (non-hydrogen) atoms. The Balaban J connectivity index is 1.48. The fourth-order valence-electron chi connectivity index (χ4n) is 3.41. The molecule has 4 N–H and O–H groups in total. The van der Waals surface area contributed by atoms with Gasteiger partial charge in [0.05, 0.1) is 25.4 Å². The first-order chi connectivity index (χ1) is 15.1.